The van der Waals surface area contributed by atoms with Crippen molar-refractivity contribution in [1.82, 2.24) is 9.88 Å². The zero-order chi connectivity index (χ0) is 19.5. The van der Waals surface area contributed by atoms with E-state index < -0.39 is 0 Å². The van der Waals surface area contributed by atoms with Crippen molar-refractivity contribution in [2.24, 2.45) is 4.99 Å². The molecule has 1 heterocycles. The van der Waals surface area contributed by atoms with Gasteiger partial charge >= 0.3 is 0 Å². The second-order valence-corrected chi connectivity index (χ2v) is 5.89. The Kier molecular flexibility index (Phi) is 11.1. The van der Waals surface area contributed by atoms with Gasteiger partial charge in [0.15, 0.2) is 17.5 Å². The molecule has 0 bridgehead atoms. The van der Waals surface area contributed by atoms with Crippen LogP contribution in [-0.4, -0.2) is 37.8 Å². The lowest BCUT2D eigenvalue weighted by Crippen LogP contribution is -2.30. The summed E-state index contributed by atoms with van der Waals surface area (Å²) in [6, 6.07) is 10.8. The van der Waals surface area contributed by atoms with E-state index in [1.54, 1.807) is 30.9 Å². The van der Waals surface area contributed by atoms with Crippen LogP contribution in [0.4, 0.5) is 5.69 Å². The molecular formula is C20H29IN4O3. The van der Waals surface area contributed by atoms with E-state index in [-0.39, 0.29) is 29.5 Å². The molecule has 0 saturated carbocycles. The molecule has 154 valence electrons. The van der Waals surface area contributed by atoms with E-state index in [4.69, 9.17) is 9.47 Å². The molecule has 0 saturated heterocycles. The molecule has 0 aliphatic carbocycles. The van der Waals surface area contributed by atoms with Crippen LogP contribution in [0.15, 0.2) is 52.4 Å². The number of nitrogens with zero attached hydrogens (tertiary/aromatic N) is 2. The zero-order valence-corrected chi connectivity index (χ0v) is 18.9. The Morgan fingerprint density at radius 1 is 1.11 bits per heavy atom. The van der Waals surface area contributed by atoms with Crippen molar-refractivity contribution in [3.8, 4) is 11.5 Å². The van der Waals surface area contributed by atoms with Crippen LogP contribution in [0.1, 0.15) is 19.8 Å². The molecule has 0 spiro atoms. The topological polar surface area (TPSA) is 76.9 Å². The minimum Gasteiger partial charge on any atom is -0.493 e. The number of aromatic nitrogens is 1. The van der Waals surface area contributed by atoms with E-state index in [0.29, 0.717) is 30.5 Å². The Bertz CT molecular complexity index is 808. The second kappa shape index (κ2) is 13.0. The number of pyridine rings is 1. The fourth-order valence-electron chi connectivity index (χ4n) is 2.59. The highest BCUT2D eigenvalue weighted by Gasteiger charge is 2.06. The number of ether oxygens (including phenoxy) is 2. The first-order valence-corrected chi connectivity index (χ1v) is 9.10. The molecule has 2 N–H and O–H groups in total. The summed E-state index contributed by atoms with van der Waals surface area (Å²) in [7, 11) is 3.22. The largest absolute Gasteiger partial charge is 0.493 e. The van der Waals surface area contributed by atoms with Gasteiger partial charge in [-0.05, 0) is 38.0 Å². The first-order chi connectivity index (χ1) is 13.2. The standard InChI is InChI=1S/C20H28N4O3.HI/c1-4-21-20(23-16-10-11-17(26-2)18(15-16)27-3)22-12-6-8-14-24-13-7-5-9-19(24)25;/h5,7,9-11,13,15H,4,6,8,12,14H2,1-3H3,(H2,21,22,23);1H. The predicted molar refractivity (Wildman–Crippen MR) is 124 cm³/mol. The Labute approximate surface area is 183 Å². The van der Waals surface area contributed by atoms with E-state index in [1.165, 1.54) is 0 Å². The van der Waals surface area contributed by atoms with Gasteiger partial charge in [0.2, 0.25) is 5.56 Å². The van der Waals surface area contributed by atoms with E-state index in [1.807, 2.05) is 37.4 Å². The van der Waals surface area contributed by atoms with Gasteiger partial charge in [-0.3, -0.25) is 9.79 Å². The number of hydrogen-bond acceptors (Lipinski definition) is 4. The number of nitrogens with one attached hydrogen (secondary N) is 2. The quantitative estimate of drug-likeness (QED) is 0.239. The molecule has 28 heavy (non-hydrogen) atoms. The molecular weight excluding hydrogens is 471 g/mol. The number of halogens is 1. The SMILES string of the molecule is CCNC(=NCCCCn1ccccc1=O)Nc1ccc(OC)c(OC)c1.I. The number of aliphatic imine (C=N–C) groups is 1. The number of hydrogen-bond donors (Lipinski definition) is 2. The molecule has 0 radical (unpaired) electrons. The van der Waals surface area contributed by atoms with Gasteiger partial charge in [0.25, 0.3) is 0 Å². The molecule has 0 aliphatic heterocycles. The van der Waals surface area contributed by atoms with Gasteiger partial charge < -0.3 is 24.7 Å². The maximum absolute atomic E-state index is 11.7. The van der Waals surface area contributed by atoms with Crippen molar-refractivity contribution >= 4 is 35.6 Å². The Morgan fingerprint density at radius 2 is 1.89 bits per heavy atom. The molecule has 7 nitrogen and oxygen atoms in total. The van der Waals surface area contributed by atoms with E-state index in [9.17, 15) is 4.79 Å². The molecule has 2 rings (SSSR count). The predicted octanol–water partition coefficient (Wildman–Crippen LogP) is 3.34. The van der Waals surface area contributed by atoms with Crippen LogP contribution in [0.5, 0.6) is 11.5 Å². The minimum absolute atomic E-state index is 0. The van der Waals surface area contributed by atoms with Gasteiger partial charge in [0.1, 0.15) is 0 Å². The Balaban J connectivity index is 0.00000392. The average molecular weight is 500 g/mol. The third-order valence-electron chi connectivity index (χ3n) is 3.97. The third kappa shape index (κ3) is 7.41. The molecule has 0 fully saturated rings. The summed E-state index contributed by atoms with van der Waals surface area (Å²) < 4.78 is 12.3. The number of rotatable bonds is 9. The number of methoxy groups -OCH3 is 2. The fourth-order valence-corrected chi connectivity index (χ4v) is 2.59. The molecule has 1 aromatic carbocycles. The lowest BCUT2D eigenvalue weighted by molar-refractivity contribution is 0.355. The van der Waals surface area contributed by atoms with E-state index >= 15 is 0 Å². The van der Waals surface area contributed by atoms with Gasteiger partial charge in [-0.15, -0.1) is 24.0 Å². The molecule has 0 amide bonds. The molecule has 2 aromatic rings. The zero-order valence-electron chi connectivity index (χ0n) is 16.6. The van der Waals surface area contributed by atoms with Gasteiger partial charge in [-0.1, -0.05) is 6.07 Å². The van der Waals surface area contributed by atoms with Crippen LogP contribution < -0.4 is 25.7 Å². The summed E-state index contributed by atoms with van der Waals surface area (Å²) in [5.74, 6) is 2.05. The monoisotopic (exact) mass is 500 g/mol. The van der Waals surface area contributed by atoms with Gasteiger partial charge in [-0.25, -0.2) is 0 Å². The minimum atomic E-state index is 0. The van der Waals surface area contributed by atoms with Crippen LogP contribution in [0.3, 0.4) is 0 Å². The molecule has 0 unspecified atom stereocenters. The van der Waals surface area contributed by atoms with Gasteiger partial charge in [-0.2, -0.15) is 0 Å². The highest BCUT2D eigenvalue weighted by atomic mass is 127. The normalized spacial score (nSPS) is 10.8. The van der Waals surface area contributed by atoms with Gasteiger partial charge in [0, 0.05) is 43.7 Å². The number of benzene rings is 1. The smallest absolute Gasteiger partial charge is 0.250 e. The van der Waals surface area contributed by atoms with E-state index in [2.05, 4.69) is 15.6 Å². The highest BCUT2D eigenvalue weighted by molar-refractivity contribution is 14.0. The van der Waals surface area contributed by atoms with Crippen LogP contribution in [0.25, 0.3) is 0 Å². The summed E-state index contributed by atoms with van der Waals surface area (Å²) in [5, 5.41) is 6.50. The van der Waals surface area contributed by atoms with Crippen LogP contribution in [0.2, 0.25) is 0 Å². The molecule has 8 heteroatoms. The fraction of sp³-hybridized carbons (Fsp3) is 0.400. The summed E-state index contributed by atoms with van der Waals surface area (Å²) in [4.78, 5) is 16.3. The first-order valence-electron chi connectivity index (χ1n) is 9.10. The number of anilines is 1. The summed E-state index contributed by atoms with van der Waals surface area (Å²) in [5.41, 5.74) is 0.896. The van der Waals surface area contributed by atoms with Gasteiger partial charge in [0.05, 0.1) is 14.2 Å². The van der Waals surface area contributed by atoms with Crippen molar-refractivity contribution < 1.29 is 9.47 Å². The lowest BCUT2D eigenvalue weighted by atomic mass is 10.2. The van der Waals surface area contributed by atoms with Crippen molar-refractivity contribution in [3.05, 3.63) is 52.9 Å². The Morgan fingerprint density at radius 3 is 2.57 bits per heavy atom. The van der Waals surface area contributed by atoms with E-state index in [0.717, 1.165) is 25.1 Å². The number of guanidine groups is 1. The molecule has 1 aromatic heterocycles. The average Bonchev–Trinajstić information content (AvgIpc) is 2.69. The van der Waals surface area contributed by atoms with Crippen molar-refractivity contribution in [1.29, 1.82) is 0 Å². The summed E-state index contributed by atoms with van der Waals surface area (Å²) in [6.07, 6.45) is 3.60. The van der Waals surface area contributed by atoms with Crippen LogP contribution >= 0.6 is 24.0 Å². The molecule has 0 aliphatic rings. The van der Waals surface area contributed by atoms with Crippen molar-refractivity contribution in [3.63, 3.8) is 0 Å². The number of unbranched alkanes of at least 4 members (excludes halogenated alkanes) is 1. The molecule has 0 atom stereocenters. The number of aryl methyl sites for hydroxylation is 1. The van der Waals surface area contributed by atoms with Crippen molar-refractivity contribution in [2.45, 2.75) is 26.3 Å². The van der Waals surface area contributed by atoms with Crippen LogP contribution in [-0.2, 0) is 6.54 Å². The maximum Gasteiger partial charge on any atom is 0.250 e. The summed E-state index contributed by atoms with van der Waals surface area (Å²) in [6.45, 7) is 4.16. The third-order valence-corrected chi connectivity index (χ3v) is 3.97. The van der Waals surface area contributed by atoms with Crippen molar-refractivity contribution in [2.75, 3.05) is 32.6 Å². The van der Waals surface area contributed by atoms with Crippen LogP contribution in [0, 0.1) is 0 Å². The first kappa shape index (κ1) is 23.8. The Hall–Kier alpha value is -2.23. The summed E-state index contributed by atoms with van der Waals surface area (Å²) >= 11 is 0. The maximum atomic E-state index is 11.7. The highest BCUT2D eigenvalue weighted by Crippen LogP contribution is 2.29. The lowest BCUT2D eigenvalue weighted by Gasteiger charge is -2.14. The second-order valence-electron chi connectivity index (χ2n) is 5.89.